The first kappa shape index (κ1) is 10.0. The quantitative estimate of drug-likeness (QED) is 0.616. The van der Waals surface area contributed by atoms with Crippen LogP contribution in [0, 0.1) is 6.54 Å². The number of fused-ring (bicyclic) bond motifs is 2. The van der Waals surface area contributed by atoms with Crippen molar-refractivity contribution in [2.45, 2.75) is 4.90 Å². The minimum atomic E-state index is 0.817. The topological polar surface area (TPSA) is 29.3 Å². The molecule has 3 nitrogen and oxygen atoms in total. The highest BCUT2D eigenvalue weighted by Crippen LogP contribution is 2.42. The highest BCUT2D eigenvalue weighted by Gasteiger charge is 2.24. The van der Waals surface area contributed by atoms with E-state index in [0.29, 0.717) is 0 Å². The number of benzene rings is 2. The molecule has 2 heterocycles. The monoisotopic (exact) mass is 253 g/mol. The SMILES string of the molecule is [CH]1c2ccccc2SN1c1noc2ccccc12. The summed E-state index contributed by atoms with van der Waals surface area (Å²) >= 11 is 1.66. The van der Waals surface area contributed by atoms with E-state index in [1.54, 1.807) is 11.9 Å². The van der Waals surface area contributed by atoms with Crippen LogP contribution in [0.25, 0.3) is 11.0 Å². The maximum Gasteiger partial charge on any atom is 0.190 e. The molecule has 0 aliphatic carbocycles. The number of para-hydroxylation sites is 1. The fourth-order valence-electron chi connectivity index (χ4n) is 2.06. The fraction of sp³-hybridized carbons (Fsp3) is 0. The van der Waals surface area contributed by atoms with Gasteiger partial charge in [0, 0.05) is 4.90 Å². The van der Waals surface area contributed by atoms with Gasteiger partial charge < -0.3 is 4.52 Å². The van der Waals surface area contributed by atoms with E-state index in [2.05, 4.69) is 28.1 Å². The standard InChI is InChI=1S/C14H9N2OS/c1-4-8-13-10(5-1)9-16(18-13)14-11-6-2-3-7-12(11)17-15-14/h1-9H. The molecule has 0 fully saturated rings. The zero-order chi connectivity index (χ0) is 11.9. The highest BCUT2D eigenvalue weighted by molar-refractivity contribution is 8.01. The van der Waals surface area contributed by atoms with Gasteiger partial charge in [0.25, 0.3) is 0 Å². The Morgan fingerprint density at radius 2 is 1.83 bits per heavy atom. The molecule has 4 rings (SSSR count). The summed E-state index contributed by atoms with van der Waals surface area (Å²) in [6, 6.07) is 16.2. The number of hydrogen-bond donors (Lipinski definition) is 0. The van der Waals surface area contributed by atoms with Crippen LogP contribution in [0.2, 0.25) is 0 Å². The van der Waals surface area contributed by atoms with E-state index in [4.69, 9.17) is 4.52 Å². The average molecular weight is 253 g/mol. The summed E-state index contributed by atoms with van der Waals surface area (Å²) in [4.78, 5) is 1.24. The van der Waals surface area contributed by atoms with Gasteiger partial charge in [0.2, 0.25) is 0 Å². The van der Waals surface area contributed by atoms with Crippen molar-refractivity contribution in [1.29, 1.82) is 0 Å². The molecule has 0 unspecified atom stereocenters. The average Bonchev–Trinajstić information content (AvgIpc) is 3.02. The van der Waals surface area contributed by atoms with Gasteiger partial charge in [-0.2, -0.15) is 0 Å². The van der Waals surface area contributed by atoms with Crippen molar-refractivity contribution < 1.29 is 4.52 Å². The number of hydrogen-bond acceptors (Lipinski definition) is 4. The van der Waals surface area contributed by atoms with Crippen LogP contribution >= 0.6 is 11.9 Å². The van der Waals surface area contributed by atoms with Crippen molar-refractivity contribution in [2.24, 2.45) is 0 Å². The van der Waals surface area contributed by atoms with E-state index in [1.807, 2.05) is 36.4 Å². The lowest BCUT2D eigenvalue weighted by molar-refractivity contribution is 0.459. The molecule has 0 atom stereocenters. The zero-order valence-corrected chi connectivity index (χ0v) is 10.2. The van der Waals surface area contributed by atoms with E-state index >= 15 is 0 Å². The Morgan fingerprint density at radius 3 is 2.78 bits per heavy atom. The normalized spacial score (nSPS) is 14.1. The molecule has 0 saturated heterocycles. The van der Waals surface area contributed by atoms with Gasteiger partial charge in [0.05, 0.1) is 11.9 Å². The summed E-state index contributed by atoms with van der Waals surface area (Å²) in [6.07, 6.45) is 0. The van der Waals surface area contributed by atoms with E-state index in [1.165, 1.54) is 10.5 Å². The largest absolute Gasteiger partial charge is 0.354 e. The first-order valence-corrected chi connectivity index (χ1v) is 6.45. The molecule has 1 aromatic heterocycles. The summed E-state index contributed by atoms with van der Waals surface area (Å²) in [7, 11) is 0. The molecular formula is C14H9N2OS. The van der Waals surface area contributed by atoms with Crippen LogP contribution in [0.5, 0.6) is 0 Å². The fourth-order valence-corrected chi connectivity index (χ4v) is 3.03. The number of anilines is 1. The van der Waals surface area contributed by atoms with Crippen molar-refractivity contribution in [1.82, 2.24) is 5.16 Å². The van der Waals surface area contributed by atoms with Gasteiger partial charge in [-0.15, -0.1) is 0 Å². The maximum atomic E-state index is 5.34. The molecule has 0 spiro atoms. The molecule has 4 heteroatoms. The summed E-state index contributed by atoms with van der Waals surface area (Å²) < 4.78 is 7.39. The Balaban J connectivity index is 1.78. The van der Waals surface area contributed by atoms with Gasteiger partial charge in [-0.25, -0.2) is 0 Å². The first-order valence-electron chi connectivity index (χ1n) is 5.67. The summed E-state index contributed by atoms with van der Waals surface area (Å²) in [6.45, 7) is 2.09. The second-order valence-corrected chi connectivity index (χ2v) is 5.10. The Kier molecular flexibility index (Phi) is 2.11. The van der Waals surface area contributed by atoms with Crippen LogP contribution in [0.15, 0.2) is 57.9 Å². The molecule has 18 heavy (non-hydrogen) atoms. The smallest absolute Gasteiger partial charge is 0.190 e. The van der Waals surface area contributed by atoms with Gasteiger partial charge in [-0.05, 0) is 35.7 Å². The van der Waals surface area contributed by atoms with Gasteiger partial charge in [-0.1, -0.05) is 35.5 Å². The molecule has 2 aromatic carbocycles. The molecular weight excluding hydrogens is 244 g/mol. The Labute approximate surface area is 109 Å². The Morgan fingerprint density at radius 1 is 1.00 bits per heavy atom. The Hall–Kier alpha value is -1.94. The number of rotatable bonds is 1. The molecule has 1 aliphatic heterocycles. The van der Waals surface area contributed by atoms with Gasteiger partial charge in [-0.3, -0.25) is 4.31 Å². The summed E-state index contributed by atoms with van der Waals surface area (Å²) in [5.41, 5.74) is 2.03. The lowest BCUT2D eigenvalue weighted by Crippen LogP contribution is -2.05. The molecule has 0 bridgehead atoms. The molecule has 1 aliphatic rings. The van der Waals surface area contributed by atoms with E-state index < -0.39 is 0 Å². The van der Waals surface area contributed by atoms with Crippen LogP contribution in [0.1, 0.15) is 5.56 Å². The summed E-state index contributed by atoms with van der Waals surface area (Å²) in [5.74, 6) is 0.854. The predicted molar refractivity (Wildman–Crippen MR) is 72.2 cm³/mol. The van der Waals surface area contributed by atoms with Crippen molar-refractivity contribution in [3.05, 3.63) is 60.6 Å². The number of aromatic nitrogens is 1. The third-order valence-corrected chi connectivity index (χ3v) is 3.98. The van der Waals surface area contributed by atoms with Crippen molar-refractivity contribution in [3.63, 3.8) is 0 Å². The maximum absolute atomic E-state index is 5.34. The molecule has 3 aromatic rings. The predicted octanol–water partition coefficient (Wildman–Crippen LogP) is 3.86. The molecule has 1 radical (unpaired) electrons. The third kappa shape index (κ3) is 1.42. The minimum absolute atomic E-state index is 0.817. The lowest BCUT2D eigenvalue weighted by Gasteiger charge is -2.10. The van der Waals surface area contributed by atoms with Crippen molar-refractivity contribution >= 4 is 28.7 Å². The molecule has 0 amide bonds. The van der Waals surface area contributed by atoms with Gasteiger partial charge >= 0.3 is 0 Å². The third-order valence-electron chi connectivity index (χ3n) is 2.94. The zero-order valence-electron chi connectivity index (χ0n) is 9.41. The minimum Gasteiger partial charge on any atom is -0.354 e. The van der Waals surface area contributed by atoms with Crippen LogP contribution in [0.3, 0.4) is 0 Å². The second kappa shape index (κ2) is 3.78. The van der Waals surface area contributed by atoms with E-state index in [9.17, 15) is 0 Å². The van der Waals surface area contributed by atoms with Crippen LogP contribution in [0.4, 0.5) is 5.82 Å². The Bertz CT molecular complexity index is 697. The van der Waals surface area contributed by atoms with Gasteiger partial charge in [0.1, 0.15) is 0 Å². The van der Waals surface area contributed by atoms with Crippen LogP contribution < -0.4 is 4.31 Å². The first-order chi connectivity index (χ1) is 8.92. The van der Waals surface area contributed by atoms with Crippen LogP contribution in [-0.2, 0) is 0 Å². The van der Waals surface area contributed by atoms with E-state index in [-0.39, 0.29) is 0 Å². The highest BCUT2D eigenvalue weighted by atomic mass is 32.2. The van der Waals surface area contributed by atoms with Gasteiger partial charge in [0.15, 0.2) is 11.4 Å². The molecule has 87 valence electrons. The second-order valence-electron chi connectivity index (χ2n) is 4.09. The van der Waals surface area contributed by atoms with Crippen molar-refractivity contribution in [3.8, 4) is 0 Å². The molecule has 0 saturated carbocycles. The molecule has 0 N–H and O–H groups in total. The van der Waals surface area contributed by atoms with Crippen molar-refractivity contribution in [2.75, 3.05) is 4.31 Å². The summed E-state index contributed by atoms with van der Waals surface area (Å²) in [5, 5.41) is 5.20. The lowest BCUT2D eigenvalue weighted by atomic mass is 10.2. The van der Waals surface area contributed by atoms with Crippen LogP contribution in [-0.4, -0.2) is 5.16 Å². The van der Waals surface area contributed by atoms with E-state index in [0.717, 1.165) is 16.8 Å². The number of nitrogens with zero attached hydrogens (tertiary/aromatic N) is 2.